The zero-order valence-corrected chi connectivity index (χ0v) is 12.2. The molecule has 0 saturated heterocycles. The molecule has 2 aromatic rings. The predicted octanol–water partition coefficient (Wildman–Crippen LogP) is 2.11. The van der Waals surface area contributed by atoms with Crippen LogP contribution < -0.4 is 10.6 Å². The van der Waals surface area contributed by atoms with Gasteiger partial charge in [-0.15, -0.1) is 0 Å². The number of amides is 2. The van der Waals surface area contributed by atoms with Crippen molar-refractivity contribution in [3.05, 3.63) is 65.7 Å². The van der Waals surface area contributed by atoms with E-state index in [2.05, 4.69) is 10.6 Å². The minimum Gasteiger partial charge on any atom is -0.378 e. The second-order valence-corrected chi connectivity index (χ2v) is 4.74. The van der Waals surface area contributed by atoms with Crippen LogP contribution in [0.25, 0.3) is 0 Å². The fourth-order valence-electron chi connectivity index (χ4n) is 1.96. The minimum absolute atomic E-state index is 0.162. The number of hydrogen-bond acceptors (Lipinski definition) is 3. The van der Waals surface area contributed by atoms with Crippen LogP contribution in [0, 0.1) is 0 Å². The average molecular weight is 298 g/mol. The lowest BCUT2D eigenvalue weighted by atomic mass is 10.1. The fraction of sp³-hybridized carbons (Fsp3) is 0.176. The molecular weight excluding hydrogens is 280 g/mol. The van der Waals surface area contributed by atoms with Crippen LogP contribution >= 0.6 is 0 Å². The third-order valence-corrected chi connectivity index (χ3v) is 3.12. The SMILES string of the molecule is CCNC(=O)c1ccc(NC(=O)C(O)c2ccccc2)cc1. The second kappa shape index (κ2) is 7.38. The molecule has 2 amide bonds. The maximum Gasteiger partial charge on any atom is 0.257 e. The van der Waals surface area contributed by atoms with Crippen molar-refractivity contribution in [2.45, 2.75) is 13.0 Å². The standard InChI is InChI=1S/C17H18N2O3/c1-2-18-16(21)13-8-10-14(11-9-13)19-17(22)15(20)12-6-4-3-5-7-12/h3-11,15,20H,2H2,1H3,(H,18,21)(H,19,22). The Kier molecular flexibility index (Phi) is 5.27. The van der Waals surface area contributed by atoms with E-state index in [1.54, 1.807) is 48.5 Å². The Hall–Kier alpha value is -2.66. The summed E-state index contributed by atoms with van der Waals surface area (Å²) in [6.07, 6.45) is -1.23. The Morgan fingerprint density at radius 3 is 2.27 bits per heavy atom. The van der Waals surface area contributed by atoms with Gasteiger partial charge >= 0.3 is 0 Å². The van der Waals surface area contributed by atoms with E-state index in [0.717, 1.165) is 0 Å². The topological polar surface area (TPSA) is 78.4 Å². The van der Waals surface area contributed by atoms with Crippen molar-refractivity contribution in [3.63, 3.8) is 0 Å². The van der Waals surface area contributed by atoms with Gasteiger partial charge in [0.25, 0.3) is 11.8 Å². The highest BCUT2D eigenvalue weighted by atomic mass is 16.3. The van der Waals surface area contributed by atoms with Crippen LogP contribution in [0.15, 0.2) is 54.6 Å². The van der Waals surface area contributed by atoms with E-state index in [1.165, 1.54) is 0 Å². The van der Waals surface area contributed by atoms with Gasteiger partial charge in [0.1, 0.15) is 0 Å². The predicted molar refractivity (Wildman–Crippen MR) is 84.5 cm³/mol. The van der Waals surface area contributed by atoms with Gasteiger partial charge in [-0.05, 0) is 36.8 Å². The van der Waals surface area contributed by atoms with Gasteiger partial charge in [-0.3, -0.25) is 9.59 Å². The molecule has 0 fully saturated rings. The Morgan fingerprint density at radius 2 is 1.68 bits per heavy atom. The summed E-state index contributed by atoms with van der Waals surface area (Å²) in [6, 6.07) is 15.2. The van der Waals surface area contributed by atoms with E-state index < -0.39 is 12.0 Å². The molecule has 0 aliphatic carbocycles. The first-order valence-electron chi connectivity index (χ1n) is 7.04. The molecule has 5 nitrogen and oxygen atoms in total. The summed E-state index contributed by atoms with van der Waals surface area (Å²) in [4.78, 5) is 23.6. The molecule has 1 unspecified atom stereocenters. The fourth-order valence-corrected chi connectivity index (χ4v) is 1.96. The van der Waals surface area contributed by atoms with Gasteiger partial charge in [-0.25, -0.2) is 0 Å². The van der Waals surface area contributed by atoms with Crippen molar-refractivity contribution in [3.8, 4) is 0 Å². The molecule has 5 heteroatoms. The highest BCUT2D eigenvalue weighted by molar-refractivity contribution is 5.97. The van der Waals surface area contributed by atoms with E-state index in [0.29, 0.717) is 23.4 Å². The quantitative estimate of drug-likeness (QED) is 0.791. The zero-order valence-electron chi connectivity index (χ0n) is 12.2. The van der Waals surface area contributed by atoms with E-state index in [-0.39, 0.29) is 5.91 Å². The van der Waals surface area contributed by atoms with Crippen molar-refractivity contribution in [2.24, 2.45) is 0 Å². The van der Waals surface area contributed by atoms with Gasteiger partial charge < -0.3 is 15.7 Å². The molecule has 2 rings (SSSR count). The molecule has 0 aromatic heterocycles. The monoisotopic (exact) mass is 298 g/mol. The van der Waals surface area contributed by atoms with Gasteiger partial charge in [0.05, 0.1) is 0 Å². The van der Waals surface area contributed by atoms with Crippen LogP contribution in [0.3, 0.4) is 0 Å². The Balaban J connectivity index is 2.01. The van der Waals surface area contributed by atoms with E-state index in [4.69, 9.17) is 0 Å². The maximum atomic E-state index is 12.0. The Bertz CT molecular complexity index is 639. The number of nitrogens with one attached hydrogen (secondary N) is 2. The molecule has 0 bridgehead atoms. The summed E-state index contributed by atoms with van der Waals surface area (Å²) in [6.45, 7) is 2.40. The van der Waals surface area contributed by atoms with Crippen molar-refractivity contribution in [2.75, 3.05) is 11.9 Å². The Labute approximate surface area is 129 Å². The first-order chi connectivity index (χ1) is 10.6. The summed E-state index contributed by atoms with van der Waals surface area (Å²) in [5, 5.41) is 15.3. The number of carbonyl (C=O) groups excluding carboxylic acids is 2. The first-order valence-corrected chi connectivity index (χ1v) is 7.04. The molecule has 0 aliphatic rings. The third-order valence-electron chi connectivity index (χ3n) is 3.12. The van der Waals surface area contributed by atoms with Crippen molar-refractivity contribution in [1.82, 2.24) is 5.32 Å². The molecule has 0 radical (unpaired) electrons. The lowest BCUT2D eigenvalue weighted by Gasteiger charge is -2.12. The molecule has 0 heterocycles. The van der Waals surface area contributed by atoms with Crippen LogP contribution in [0.2, 0.25) is 0 Å². The number of benzene rings is 2. The maximum absolute atomic E-state index is 12.0. The van der Waals surface area contributed by atoms with E-state index in [9.17, 15) is 14.7 Å². The van der Waals surface area contributed by atoms with Crippen LogP contribution in [-0.4, -0.2) is 23.5 Å². The van der Waals surface area contributed by atoms with Crippen LogP contribution in [0.1, 0.15) is 28.9 Å². The Morgan fingerprint density at radius 1 is 1.05 bits per heavy atom. The van der Waals surface area contributed by atoms with Crippen molar-refractivity contribution in [1.29, 1.82) is 0 Å². The van der Waals surface area contributed by atoms with Crippen molar-refractivity contribution >= 4 is 17.5 Å². The molecule has 2 aromatic carbocycles. The smallest absolute Gasteiger partial charge is 0.257 e. The van der Waals surface area contributed by atoms with Crippen LogP contribution in [0.4, 0.5) is 5.69 Å². The number of hydrogen-bond donors (Lipinski definition) is 3. The summed E-state index contributed by atoms with van der Waals surface area (Å²) in [5.41, 5.74) is 1.57. The van der Waals surface area contributed by atoms with E-state index >= 15 is 0 Å². The molecule has 3 N–H and O–H groups in total. The molecule has 0 spiro atoms. The largest absolute Gasteiger partial charge is 0.378 e. The van der Waals surface area contributed by atoms with Crippen molar-refractivity contribution < 1.29 is 14.7 Å². The normalized spacial score (nSPS) is 11.5. The number of aliphatic hydroxyl groups excluding tert-OH is 1. The zero-order chi connectivity index (χ0) is 15.9. The van der Waals surface area contributed by atoms with Crippen LogP contribution in [0.5, 0.6) is 0 Å². The molecule has 22 heavy (non-hydrogen) atoms. The number of aliphatic hydroxyl groups is 1. The number of rotatable bonds is 5. The van der Waals surface area contributed by atoms with E-state index in [1.807, 2.05) is 13.0 Å². The van der Waals surface area contributed by atoms with Gasteiger partial charge in [-0.2, -0.15) is 0 Å². The van der Waals surface area contributed by atoms with Gasteiger partial charge in [0.15, 0.2) is 6.10 Å². The molecule has 114 valence electrons. The lowest BCUT2D eigenvalue weighted by molar-refractivity contribution is -0.124. The molecule has 0 aliphatic heterocycles. The third kappa shape index (κ3) is 3.93. The molecular formula is C17H18N2O3. The second-order valence-electron chi connectivity index (χ2n) is 4.74. The van der Waals surface area contributed by atoms with Gasteiger partial charge in [-0.1, -0.05) is 30.3 Å². The first kappa shape index (κ1) is 15.7. The highest BCUT2D eigenvalue weighted by Gasteiger charge is 2.17. The highest BCUT2D eigenvalue weighted by Crippen LogP contribution is 2.16. The van der Waals surface area contributed by atoms with Gasteiger partial charge in [0, 0.05) is 17.8 Å². The lowest BCUT2D eigenvalue weighted by Crippen LogP contribution is -2.23. The number of anilines is 1. The molecule has 1 atom stereocenters. The summed E-state index contributed by atoms with van der Waals surface area (Å²) >= 11 is 0. The summed E-state index contributed by atoms with van der Waals surface area (Å²) in [7, 11) is 0. The minimum atomic E-state index is -1.23. The number of carbonyl (C=O) groups is 2. The molecule has 0 saturated carbocycles. The average Bonchev–Trinajstić information content (AvgIpc) is 2.55. The van der Waals surface area contributed by atoms with Crippen LogP contribution in [-0.2, 0) is 4.79 Å². The summed E-state index contributed by atoms with van der Waals surface area (Å²) in [5.74, 6) is -0.679. The van der Waals surface area contributed by atoms with Gasteiger partial charge in [0.2, 0.25) is 0 Å². The summed E-state index contributed by atoms with van der Waals surface area (Å²) < 4.78 is 0.